The molecule has 0 radical (unpaired) electrons. The highest BCUT2D eigenvalue weighted by atomic mass is 32.2. The maximum atomic E-state index is 12.8. The summed E-state index contributed by atoms with van der Waals surface area (Å²) in [7, 11) is -1.35. The number of morpholine rings is 1. The molecule has 7 heteroatoms. The van der Waals surface area contributed by atoms with E-state index in [1.165, 1.54) is 12.8 Å². The van der Waals surface area contributed by atoms with Crippen molar-refractivity contribution in [3.05, 3.63) is 17.0 Å². The molecule has 3 rings (SSSR count). The highest BCUT2D eigenvalue weighted by Gasteiger charge is 2.37. The van der Waals surface area contributed by atoms with Crippen molar-refractivity contribution >= 4 is 10.0 Å². The van der Waals surface area contributed by atoms with Crippen molar-refractivity contribution in [1.82, 2.24) is 14.1 Å². The molecule has 1 saturated carbocycles. The summed E-state index contributed by atoms with van der Waals surface area (Å²) in [5.74, 6) is 0.878. The van der Waals surface area contributed by atoms with E-state index in [0.717, 1.165) is 23.4 Å². The van der Waals surface area contributed by atoms with E-state index >= 15 is 0 Å². The van der Waals surface area contributed by atoms with Gasteiger partial charge in [-0.2, -0.15) is 9.40 Å². The standard InChI is InChI=1S/C15H25N3O3S/c1-11-15(12(2)17(3)16-11)14-10-21-8-7-18(14)22(19,20)9-6-13-4-5-13/h13-14H,4-10H2,1-3H3. The van der Waals surface area contributed by atoms with Crippen LogP contribution in [0.4, 0.5) is 0 Å². The monoisotopic (exact) mass is 327 g/mol. The molecule has 0 amide bonds. The van der Waals surface area contributed by atoms with Gasteiger partial charge in [0, 0.05) is 24.8 Å². The normalized spacial score (nSPS) is 23.9. The summed E-state index contributed by atoms with van der Waals surface area (Å²) in [6.45, 7) is 5.24. The highest BCUT2D eigenvalue weighted by molar-refractivity contribution is 7.89. The van der Waals surface area contributed by atoms with Gasteiger partial charge in [0.25, 0.3) is 0 Å². The van der Waals surface area contributed by atoms with Gasteiger partial charge in [0.05, 0.1) is 30.7 Å². The summed E-state index contributed by atoms with van der Waals surface area (Å²) in [5, 5.41) is 4.43. The van der Waals surface area contributed by atoms with E-state index < -0.39 is 10.0 Å². The Morgan fingerprint density at radius 3 is 2.64 bits per heavy atom. The van der Waals surface area contributed by atoms with Gasteiger partial charge in [-0.15, -0.1) is 0 Å². The Bertz CT molecular complexity index is 649. The highest BCUT2D eigenvalue weighted by Crippen LogP contribution is 2.35. The van der Waals surface area contributed by atoms with Crippen LogP contribution in [-0.2, 0) is 21.8 Å². The first-order chi connectivity index (χ1) is 10.4. The van der Waals surface area contributed by atoms with Gasteiger partial charge in [0.1, 0.15) is 0 Å². The van der Waals surface area contributed by atoms with Crippen molar-refractivity contribution in [1.29, 1.82) is 0 Å². The second-order valence-corrected chi connectivity index (χ2v) is 8.50. The van der Waals surface area contributed by atoms with Crippen LogP contribution in [0.2, 0.25) is 0 Å². The lowest BCUT2D eigenvalue weighted by Crippen LogP contribution is -2.44. The van der Waals surface area contributed by atoms with Crippen LogP contribution in [0.25, 0.3) is 0 Å². The molecule has 1 atom stereocenters. The number of sulfonamides is 1. The summed E-state index contributed by atoms with van der Waals surface area (Å²) in [4.78, 5) is 0. The Kier molecular flexibility index (Phi) is 4.31. The fourth-order valence-electron chi connectivity index (χ4n) is 3.26. The van der Waals surface area contributed by atoms with Crippen molar-refractivity contribution in [2.24, 2.45) is 13.0 Å². The van der Waals surface area contributed by atoms with Gasteiger partial charge in [0.2, 0.25) is 10.0 Å². The molecule has 2 fully saturated rings. The Balaban J connectivity index is 1.87. The second kappa shape index (κ2) is 5.94. The Morgan fingerprint density at radius 1 is 1.32 bits per heavy atom. The van der Waals surface area contributed by atoms with Gasteiger partial charge < -0.3 is 4.74 Å². The van der Waals surface area contributed by atoms with Crippen molar-refractivity contribution < 1.29 is 13.2 Å². The third kappa shape index (κ3) is 3.07. The zero-order valence-electron chi connectivity index (χ0n) is 13.6. The third-order valence-electron chi connectivity index (χ3n) is 4.82. The van der Waals surface area contributed by atoms with Crippen LogP contribution in [0.5, 0.6) is 0 Å². The Morgan fingerprint density at radius 2 is 2.05 bits per heavy atom. The number of nitrogens with zero attached hydrogens (tertiary/aromatic N) is 3. The summed E-state index contributed by atoms with van der Waals surface area (Å²) in [5.41, 5.74) is 2.89. The molecule has 0 N–H and O–H groups in total. The van der Waals surface area contributed by atoms with Gasteiger partial charge in [-0.25, -0.2) is 8.42 Å². The van der Waals surface area contributed by atoms with E-state index in [1.807, 2.05) is 25.6 Å². The first-order valence-corrected chi connectivity index (χ1v) is 9.58. The average Bonchev–Trinajstić information content (AvgIpc) is 3.26. The molecule has 2 heterocycles. The maximum absolute atomic E-state index is 12.8. The van der Waals surface area contributed by atoms with Gasteiger partial charge in [-0.05, 0) is 26.2 Å². The summed E-state index contributed by atoms with van der Waals surface area (Å²) >= 11 is 0. The molecule has 1 unspecified atom stereocenters. The van der Waals surface area contributed by atoms with E-state index in [-0.39, 0.29) is 11.8 Å². The summed E-state index contributed by atoms with van der Waals surface area (Å²) in [6, 6.07) is -0.244. The molecule has 2 aliphatic rings. The second-order valence-electron chi connectivity index (χ2n) is 6.46. The van der Waals surface area contributed by atoms with Crippen LogP contribution in [0, 0.1) is 19.8 Å². The smallest absolute Gasteiger partial charge is 0.214 e. The van der Waals surface area contributed by atoms with E-state index in [1.54, 1.807) is 4.31 Å². The zero-order valence-corrected chi connectivity index (χ0v) is 14.4. The zero-order chi connectivity index (χ0) is 15.9. The number of hydrogen-bond acceptors (Lipinski definition) is 4. The van der Waals surface area contributed by atoms with E-state index in [2.05, 4.69) is 5.10 Å². The molecule has 0 aromatic carbocycles. The molecule has 1 aromatic heterocycles. The van der Waals surface area contributed by atoms with Crippen LogP contribution in [-0.4, -0.2) is 48.0 Å². The van der Waals surface area contributed by atoms with Crippen molar-refractivity contribution in [2.45, 2.75) is 39.2 Å². The molecular weight excluding hydrogens is 302 g/mol. The van der Waals surface area contributed by atoms with Gasteiger partial charge >= 0.3 is 0 Å². The fraction of sp³-hybridized carbons (Fsp3) is 0.800. The molecule has 1 aliphatic heterocycles. The van der Waals surface area contributed by atoms with Crippen molar-refractivity contribution in [3.8, 4) is 0 Å². The number of ether oxygens (including phenoxy) is 1. The van der Waals surface area contributed by atoms with Crippen molar-refractivity contribution in [2.75, 3.05) is 25.5 Å². The average molecular weight is 327 g/mol. The van der Waals surface area contributed by atoms with Gasteiger partial charge in [0.15, 0.2) is 0 Å². The minimum atomic E-state index is -3.24. The fourth-order valence-corrected chi connectivity index (χ4v) is 5.03. The summed E-state index contributed by atoms with van der Waals surface area (Å²) < 4.78 is 34.6. The molecule has 6 nitrogen and oxygen atoms in total. The van der Waals surface area contributed by atoms with E-state index in [0.29, 0.717) is 25.7 Å². The molecule has 1 aliphatic carbocycles. The Labute approximate surface area is 132 Å². The van der Waals surface area contributed by atoms with E-state index in [4.69, 9.17) is 4.74 Å². The molecule has 1 saturated heterocycles. The largest absolute Gasteiger partial charge is 0.378 e. The Hall–Kier alpha value is -0.920. The molecular formula is C15H25N3O3S. The van der Waals surface area contributed by atoms with Crippen LogP contribution >= 0.6 is 0 Å². The van der Waals surface area contributed by atoms with Gasteiger partial charge in [-0.1, -0.05) is 12.8 Å². The molecule has 0 bridgehead atoms. The topological polar surface area (TPSA) is 64.4 Å². The summed E-state index contributed by atoms with van der Waals surface area (Å²) in [6.07, 6.45) is 3.16. The number of hydrogen-bond donors (Lipinski definition) is 0. The quantitative estimate of drug-likeness (QED) is 0.823. The number of aryl methyl sites for hydroxylation is 2. The van der Waals surface area contributed by atoms with Crippen molar-refractivity contribution in [3.63, 3.8) is 0 Å². The SMILES string of the molecule is Cc1nn(C)c(C)c1C1COCCN1S(=O)(=O)CCC1CC1. The minimum Gasteiger partial charge on any atom is -0.378 e. The predicted molar refractivity (Wildman–Crippen MR) is 84.1 cm³/mol. The number of aromatic nitrogens is 2. The lowest BCUT2D eigenvalue weighted by molar-refractivity contribution is 0.0316. The molecule has 124 valence electrons. The van der Waals surface area contributed by atoms with Crippen LogP contribution in [0.15, 0.2) is 0 Å². The first kappa shape index (κ1) is 16.0. The molecule has 0 spiro atoms. The van der Waals surface area contributed by atoms with Crippen LogP contribution < -0.4 is 0 Å². The molecule has 1 aromatic rings. The third-order valence-corrected chi connectivity index (χ3v) is 6.72. The molecule has 22 heavy (non-hydrogen) atoms. The first-order valence-electron chi connectivity index (χ1n) is 7.97. The minimum absolute atomic E-state index is 0.244. The van der Waals surface area contributed by atoms with Crippen LogP contribution in [0.1, 0.15) is 42.3 Å². The number of rotatable bonds is 5. The van der Waals surface area contributed by atoms with Crippen LogP contribution in [0.3, 0.4) is 0 Å². The van der Waals surface area contributed by atoms with E-state index in [9.17, 15) is 8.42 Å². The lowest BCUT2D eigenvalue weighted by atomic mass is 10.0. The van der Waals surface area contributed by atoms with Gasteiger partial charge in [-0.3, -0.25) is 4.68 Å². The lowest BCUT2D eigenvalue weighted by Gasteiger charge is -2.35. The maximum Gasteiger partial charge on any atom is 0.214 e. The predicted octanol–water partition coefficient (Wildman–Crippen LogP) is 1.54.